The molecule has 2 rings (SSSR count). The van der Waals surface area contributed by atoms with E-state index in [0.717, 1.165) is 25.4 Å². The van der Waals surface area contributed by atoms with Crippen molar-refractivity contribution >= 4 is 0 Å². The van der Waals surface area contributed by atoms with Crippen molar-refractivity contribution in [3.05, 3.63) is 0 Å². The zero-order valence-corrected chi connectivity index (χ0v) is 13.2. The van der Waals surface area contributed by atoms with E-state index in [2.05, 4.69) is 16.7 Å². The number of hydrogen-bond donors (Lipinski definition) is 0. The Balaban J connectivity index is 1.66. The second-order valence-corrected chi connectivity index (χ2v) is 6.48. The molecule has 0 aromatic heterocycles. The van der Waals surface area contributed by atoms with Crippen LogP contribution in [0.3, 0.4) is 0 Å². The molecule has 0 aliphatic carbocycles. The molecular weight excluding hydrogens is 255 g/mol. The first-order chi connectivity index (χ1) is 9.72. The van der Waals surface area contributed by atoms with Crippen LogP contribution in [-0.4, -0.2) is 68.5 Å². The number of likely N-dealkylation sites (tertiary alicyclic amines) is 2. The summed E-state index contributed by atoms with van der Waals surface area (Å²) < 4.78 is 19.1. The monoisotopic (exact) mass is 286 g/mol. The number of piperidine rings is 2. The highest BCUT2D eigenvalue weighted by Crippen LogP contribution is 2.22. The number of alkyl halides is 1. The zero-order valence-electron chi connectivity index (χ0n) is 13.2. The van der Waals surface area contributed by atoms with Gasteiger partial charge in [0, 0.05) is 26.7 Å². The minimum Gasteiger partial charge on any atom is -0.378 e. The first-order valence-electron chi connectivity index (χ1n) is 8.34. The van der Waals surface area contributed by atoms with E-state index in [-0.39, 0.29) is 6.10 Å². The van der Waals surface area contributed by atoms with Gasteiger partial charge < -0.3 is 9.64 Å². The van der Waals surface area contributed by atoms with Crippen LogP contribution >= 0.6 is 0 Å². The Morgan fingerprint density at radius 2 is 1.80 bits per heavy atom. The molecule has 20 heavy (non-hydrogen) atoms. The Labute approximate surface area is 123 Å². The first kappa shape index (κ1) is 16.2. The fraction of sp³-hybridized carbons (Fsp3) is 1.00. The number of halogens is 1. The molecule has 4 heteroatoms. The second kappa shape index (κ2) is 8.30. The van der Waals surface area contributed by atoms with Crippen molar-refractivity contribution in [1.82, 2.24) is 9.80 Å². The summed E-state index contributed by atoms with van der Waals surface area (Å²) in [4.78, 5) is 4.90. The predicted molar refractivity (Wildman–Crippen MR) is 80.8 cm³/mol. The molecule has 0 bridgehead atoms. The number of hydrogen-bond acceptors (Lipinski definition) is 3. The Bertz CT molecular complexity index is 269. The van der Waals surface area contributed by atoms with E-state index in [0.29, 0.717) is 6.54 Å². The molecule has 0 aromatic rings. The smallest absolute Gasteiger partial charge is 0.139 e. The van der Waals surface area contributed by atoms with E-state index in [1.165, 1.54) is 45.3 Å². The van der Waals surface area contributed by atoms with Crippen LogP contribution in [0.2, 0.25) is 0 Å². The number of ether oxygens (including phenoxy) is 1. The first-order valence-corrected chi connectivity index (χ1v) is 8.34. The third kappa shape index (κ3) is 4.68. The summed E-state index contributed by atoms with van der Waals surface area (Å²) >= 11 is 0. The van der Waals surface area contributed by atoms with Crippen molar-refractivity contribution in [1.29, 1.82) is 0 Å². The van der Waals surface area contributed by atoms with E-state index in [1.54, 1.807) is 7.11 Å². The van der Waals surface area contributed by atoms with Crippen molar-refractivity contribution in [2.75, 3.05) is 46.4 Å². The molecule has 2 heterocycles. The molecule has 0 aromatic carbocycles. The lowest BCUT2D eigenvalue weighted by molar-refractivity contribution is -0.0273. The van der Waals surface area contributed by atoms with Crippen molar-refractivity contribution in [3.8, 4) is 0 Å². The molecular formula is C16H31FN2O. The molecule has 0 radical (unpaired) electrons. The topological polar surface area (TPSA) is 15.7 Å². The van der Waals surface area contributed by atoms with Crippen LogP contribution in [0.5, 0.6) is 0 Å². The maximum atomic E-state index is 13.9. The lowest BCUT2D eigenvalue weighted by Gasteiger charge is -2.38. The van der Waals surface area contributed by atoms with Crippen LogP contribution in [0.4, 0.5) is 4.39 Å². The van der Waals surface area contributed by atoms with Gasteiger partial charge in [-0.05, 0) is 51.2 Å². The summed E-state index contributed by atoms with van der Waals surface area (Å²) in [5.74, 6) is 0.763. The number of rotatable bonds is 6. The number of methoxy groups -OCH3 is 1. The van der Waals surface area contributed by atoms with E-state index in [4.69, 9.17) is 4.74 Å². The lowest BCUT2D eigenvalue weighted by atomic mass is 9.94. The number of unbranched alkanes of at least 4 members (excludes halogenated alkanes) is 1. The Morgan fingerprint density at radius 3 is 2.40 bits per heavy atom. The lowest BCUT2D eigenvalue weighted by Crippen LogP contribution is -2.48. The van der Waals surface area contributed by atoms with Gasteiger partial charge in [0.1, 0.15) is 6.17 Å². The van der Waals surface area contributed by atoms with Gasteiger partial charge in [0.05, 0.1) is 6.10 Å². The van der Waals surface area contributed by atoms with Gasteiger partial charge in [0.25, 0.3) is 0 Å². The Hall–Kier alpha value is -0.190. The minimum absolute atomic E-state index is 0.179. The molecule has 2 aliphatic heterocycles. The molecule has 118 valence electrons. The average Bonchev–Trinajstić information content (AvgIpc) is 2.47. The van der Waals surface area contributed by atoms with Crippen LogP contribution in [0.15, 0.2) is 0 Å². The van der Waals surface area contributed by atoms with E-state index in [1.807, 2.05) is 0 Å². The molecule has 2 aliphatic rings. The summed E-state index contributed by atoms with van der Waals surface area (Å²) in [5.41, 5.74) is 0. The summed E-state index contributed by atoms with van der Waals surface area (Å²) in [6.07, 6.45) is 5.02. The maximum absolute atomic E-state index is 13.9. The Morgan fingerprint density at radius 1 is 1.10 bits per heavy atom. The van der Waals surface area contributed by atoms with Crippen molar-refractivity contribution in [2.24, 2.45) is 5.92 Å². The highest BCUT2D eigenvalue weighted by atomic mass is 19.1. The van der Waals surface area contributed by atoms with Crippen LogP contribution in [0, 0.1) is 5.92 Å². The molecule has 3 nitrogen and oxygen atoms in total. The van der Waals surface area contributed by atoms with Gasteiger partial charge in [-0.1, -0.05) is 13.3 Å². The van der Waals surface area contributed by atoms with Gasteiger partial charge in [-0.3, -0.25) is 4.90 Å². The fourth-order valence-electron chi connectivity index (χ4n) is 3.52. The summed E-state index contributed by atoms with van der Waals surface area (Å²) in [6.45, 7) is 8.62. The highest BCUT2D eigenvalue weighted by Gasteiger charge is 2.30. The largest absolute Gasteiger partial charge is 0.378 e. The molecule has 2 unspecified atom stereocenters. The average molecular weight is 286 g/mol. The molecule has 2 fully saturated rings. The molecule has 2 saturated heterocycles. The SMILES string of the molecule is CCCCN1CCC(CN2CCC(OC)C(F)C2)CC1. The van der Waals surface area contributed by atoms with E-state index < -0.39 is 6.17 Å². The van der Waals surface area contributed by atoms with E-state index >= 15 is 0 Å². The second-order valence-electron chi connectivity index (χ2n) is 6.48. The van der Waals surface area contributed by atoms with Crippen molar-refractivity contribution in [3.63, 3.8) is 0 Å². The third-order valence-electron chi connectivity index (χ3n) is 4.92. The summed E-state index contributed by atoms with van der Waals surface area (Å²) in [7, 11) is 1.62. The maximum Gasteiger partial charge on any atom is 0.139 e. The Kier molecular flexibility index (Phi) is 6.72. The highest BCUT2D eigenvalue weighted by molar-refractivity contribution is 4.83. The minimum atomic E-state index is -0.807. The quantitative estimate of drug-likeness (QED) is 0.746. The molecule has 0 spiro atoms. The molecule has 2 atom stereocenters. The van der Waals surface area contributed by atoms with Crippen LogP contribution in [-0.2, 0) is 4.74 Å². The number of nitrogens with zero attached hydrogens (tertiary/aromatic N) is 2. The van der Waals surface area contributed by atoms with Crippen LogP contribution in [0.1, 0.15) is 39.0 Å². The van der Waals surface area contributed by atoms with Crippen molar-refractivity contribution in [2.45, 2.75) is 51.3 Å². The molecule has 0 N–H and O–H groups in total. The molecule has 0 saturated carbocycles. The summed E-state index contributed by atoms with van der Waals surface area (Å²) in [5, 5.41) is 0. The van der Waals surface area contributed by atoms with Gasteiger partial charge in [-0.2, -0.15) is 0 Å². The van der Waals surface area contributed by atoms with Crippen molar-refractivity contribution < 1.29 is 9.13 Å². The van der Waals surface area contributed by atoms with Gasteiger partial charge in [-0.15, -0.1) is 0 Å². The summed E-state index contributed by atoms with van der Waals surface area (Å²) in [6, 6.07) is 0. The van der Waals surface area contributed by atoms with Crippen LogP contribution in [0.25, 0.3) is 0 Å². The van der Waals surface area contributed by atoms with E-state index in [9.17, 15) is 4.39 Å². The van der Waals surface area contributed by atoms with Gasteiger partial charge in [-0.25, -0.2) is 4.39 Å². The fourth-order valence-corrected chi connectivity index (χ4v) is 3.52. The van der Waals surface area contributed by atoms with Gasteiger partial charge in [0.15, 0.2) is 0 Å². The standard InChI is InChI=1S/C16H31FN2O/c1-3-4-8-18-9-5-14(6-10-18)12-19-11-7-16(20-2)15(17)13-19/h14-16H,3-13H2,1-2H3. The zero-order chi connectivity index (χ0) is 14.4. The predicted octanol–water partition coefficient (Wildman–Crippen LogP) is 2.56. The molecule has 0 amide bonds. The third-order valence-corrected chi connectivity index (χ3v) is 4.92. The van der Waals surface area contributed by atoms with Crippen LogP contribution < -0.4 is 0 Å². The van der Waals surface area contributed by atoms with Gasteiger partial charge >= 0.3 is 0 Å². The normalized spacial score (nSPS) is 30.8. The van der Waals surface area contributed by atoms with Gasteiger partial charge in [0.2, 0.25) is 0 Å².